The lowest BCUT2D eigenvalue weighted by Gasteiger charge is -2.35. The zero-order valence-corrected chi connectivity index (χ0v) is 32.7. The number of para-hydroxylation sites is 2. The molecule has 4 aromatic rings. The highest BCUT2D eigenvalue weighted by molar-refractivity contribution is 6.73. The van der Waals surface area contributed by atoms with Crippen molar-refractivity contribution in [1.29, 1.82) is 0 Å². The maximum atomic E-state index is 7.40. The largest absolute Gasteiger partial charge is 0.543 e. The molecule has 2 nitrogen and oxygen atoms in total. The molecule has 0 bridgehead atoms. The Bertz CT molecular complexity index is 1650. The fourth-order valence-corrected chi connectivity index (χ4v) is 11.6. The summed E-state index contributed by atoms with van der Waals surface area (Å²) in [6.45, 7) is 25.7. The van der Waals surface area contributed by atoms with Gasteiger partial charge in [0.1, 0.15) is 5.75 Å². The first kappa shape index (κ1) is 36.0. The van der Waals surface area contributed by atoms with Gasteiger partial charge in [-0.25, -0.2) is 0 Å². The number of rotatable bonds is 12. The maximum Gasteiger partial charge on any atom is 0.252 e. The topological polar surface area (TPSA) is 21.3 Å². The Hall–Kier alpha value is -3.30. The lowest BCUT2D eigenvalue weighted by atomic mass is 9.86. The lowest BCUT2D eigenvalue weighted by Crippen LogP contribution is -2.44. The van der Waals surface area contributed by atoms with Gasteiger partial charge in [0.2, 0.25) is 0 Å². The smallest absolute Gasteiger partial charge is 0.252 e. The molecule has 0 aliphatic heterocycles. The van der Waals surface area contributed by atoms with Crippen molar-refractivity contribution in [2.75, 3.05) is 5.32 Å². The van der Waals surface area contributed by atoms with Crippen LogP contribution in [0.25, 0.3) is 11.1 Å². The van der Waals surface area contributed by atoms with E-state index in [1.165, 1.54) is 63.0 Å². The molecule has 3 heteroatoms. The molecule has 0 spiro atoms. The molecule has 0 amide bonds. The van der Waals surface area contributed by atoms with Crippen LogP contribution >= 0.6 is 0 Å². The number of hydrogen-bond acceptors (Lipinski definition) is 2. The fraction of sp³-hybridized carbons (Fsp3) is 0.467. The highest BCUT2D eigenvalue weighted by atomic mass is 28.4. The van der Waals surface area contributed by atoms with Gasteiger partial charge in [0, 0.05) is 16.8 Å². The van der Waals surface area contributed by atoms with E-state index in [0.717, 1.165) is 18.6 Å². The third kappa shape index (κ3) is 7.62. The molecule has 256 valence electrons. The Kier molecular flexibility index (Phi) is 11.0. The minimum Gasteiger partial charge on any atom is -0.543 e. The minimum absolute atomic E-state index is 0.152. The van der Waals surface area contributed by atoms with Gasteiger partial charge < -0.3 is 9.74 Å². The Labute approximate surface area is 293 Å². The molecule has 0 heterocycles. The van der Waals surface area contributed by atoms with E-state index < -0.39 is 8.32 Å². The summed E-state index contributed by atoms with van der Waals surface area (Å²) < 4.78 is 7.40. The summed E-state index contributed by atoms with van der Waals surface area (Å²) >= 11 is 0. The van der Waals surface area contributed by atoms with E-state index in [2.05, 4.69) is 166 Å². The van der Waals surface area contributed by atoms with Crippen LogP contribution in [0, 0.1) is 5.92 Å². The van der Waals surface area contributed by atoms with E-state index in [1.807, 2.05) is 0 Å². The van der Waals surface area contributed by atoms with Crippen LogP contribution in [-0.2, 0) is 11.8 Å². The van der Waals surface area contributed by atoms with Gasteiger partial charge in [0.25, 0.3) is 8.32 Å². The van der Waals surface area contributed by atoms with Crippen molar-refractivity contribution in [1.82, 2.24) is 0 Å². The molecule has 0 saturated carbocycles. The molecule has 3 unspecified atom stereocenters. The predicted molar refractivity (Wildman–Crippen MR) is 211 cm³/mol. The standard InChI is InChI=1S/C45H61NOSi/c1-12-13-23-41(46-43-35(30(2)3)19-16-20-36(43)31(4)5)39-18-14-15-24-42(39)47-48(10,11)44-32(6)29-40-37(21-17-22-38(40)44)33-25-27-34(28-26-33)45(7,8)9/h14-22,24-28,30-32,41,44,46H,12-13,23,29H2,1-11H3. The molecule has 1 aliphatic carbocycles. The molecule has 5 rings (SSSR count). The molecule has 3 atom stereocenters. The number of unbranched alkanes of at least 4 members (excludes halogenated alkanes) is 1. The van der Waals surface area contributed by atoms with Gasteiger partial charge in [0.05, 0.1) is 6.04 Å². The molecule has 0 aromatic heterocycles. The Balaban J connectivity index is 1.49. The molecule has 0 radical (unpaired) electrons. The third-order valence-electron chi connectivity index (χ3n) is 10.7. The van der Waals surface area contributed by atoms with Crippen molar-refractivity contribution in [2.45, 2.75) is 130 Å². The SMILES string of the molecule is CCCCC(Nc1c(C(C)C)cccc1C(C)C)c1ccccc1O[Si](C)(C)C1c2cccc(-c3ccc(C(C)(C)C)cc3)c2CC1C. The van der Waals surface area contributed by atoms with Crippen LogP contribution < -0.4 is 9.74 Å². The third-order valence-corrected chi connectivity index (χ3v) is 13.8. The Morgan fingerprint density at radius 1 is 0.792 bits per heavy atom. The first-order valence-electron chi connectivity index (χ1n) is 18.6. The van der Waals surface area contributed by atoms with E-state index in [9.17, 15) is 0 Å². The fourth-order valence-electron chi connectivity index (χ4n) is 8.16. The molecular formula is C45H61NOSi. The summed E-state index contributed by atoms with van der Waals surface area (Å²) in [4.78, 5) is 0. The summed E-state index contributed by atoms with van der Waals surface area (Å²) in [6, 6.07) is 32.2. The van der Waals surface area contributed by atoms with Crippen molar-refractivity contribution in [2.24, 2.45) is 5.92 Å². The van der Waals surface area contributed by atoms with E-state index in [1.54, 1.807) is 0 Å². The molecule has 0 saturated heterocycles. The van der Waals surface area contributed by atoms with Gasteiger partial charge in [-0.2, -0.15) is 0 Å². The van der Waals surface area contributed by atoms with E-state index in [4.69, 9.17) is 4.43 Å². The van der Waals surface area contributed by atoms with Gasteiger partial charge >= 0.3 is 0 Å². The normalized spacial score (nSPS) is 17.1. The average Bonchev–Trinajstić information content (AvgIpc) is 3.39. The number of hydrogen-bond donors (Lipinski definition) is 1. The minimum atomic E-state index is -2.27. The zero-order valence-electron chi connectivity index (χ0n) is 31.7. The van der Waals surface area contributed by atoms with Crippen molar-refractivity contribution in [3.8, 4) is 16.9 Å². The highest BCUT2D eigenvalue weighted by Crippen LogP contribution is 2.48. The van der Waals surface area contributed by atoms with Crippen LogP contribution in [0.3, 0.4) is 0 Å². The van der Waals surface area contributed by atoms with Crippen LogP contribution in [0.15, 0.2) is 84.9 Å². The number of nitrogens with one attached hydrogen (secondary N) is 1. The average molecular weight is 660 g/mol. The number of anilines is 1. The van der Waals surface area contributed by atoms with Gasteiger partial charge in [0.15, 0.2) is 0 Å². The number of benzene rings is 4. The van der Waals surface area contributed by atoms with Crippen LogP contribution in [0.2, 0.25) is 13.1 Å². The molecular weight excluding hydrogens is 599 g/mol. The maximum absolute atomic E-state index is 7.40. The molecule has 48 heavy (non-hydrogen) atoms. The molecule has 0 fully saturated rings. The summed E-state index contributed by atoms with van der Waals surface area (Å²) in [5.74, 6) is 2.48. The van der Waals surface area contributed by atoms with E-state index in [-0.39, 0.29) is 11.5 Å². The van der Waals surface area contributed by atoms with Crippen molar-refractivity contribution in [3.63, 3.8) is 0 Å². The Morgan fingerprint density at radius 2 is 1.40 bits per heavy atom. The predicted octanol–water partition coefficient (Wildman–Crippen LogP) is 13.3. The lowest BCUT2D eigenvalue weighted by molar-refractivity contribution is 0.475. The summed E-state index contributed by atoms with van der Waals surface area (Å²) in [5, 5.41) is 4.12. The van der Waals surface area contributed by atoms with Gasteiger partial charge in [-0.05, 0) is 94.1 Å². The summed E-state index contributed by atoms with van der Waals surface area (Å²) in [7, 11) is -2.27. The quantitative estimate of drug-likeness (QED) is 0.153. The van der Waals surface area contributed by atoms with Crippen molar-refractivity contribution in [3.05, 3.63) is 118 Å². The van der Waals surface area contributed by atoms with E-state index >= 15 is 0 Å². The van der Waals surface area contributed by atoms with E-state index in [0.29, 0.717) is 23.3 Å². The summed E-state index contributed by atoms with van der Waals surface area (Å²) in [5.41, 5.74) is 13.1. The monoisotopic (exact) mass is 659 g/mol. The van der Waals surface area contributed by atoms with Crippen LogP contribution in [-0.4, -0.2) is 8.32 Å². The first-order valence-corrected chi connectivity index (χ1v) is 21.6. The first-order chi connectivity index (χ1) is 22.7. The van der Waals surface area contributed by atoms with Crippen molar-refractivity contribution < 1.29 is 4.43 Å². The van der Waals surface area contributed by atoms with Crippen LogP contribution in [0.5, 0.6) is 5.75 Å². The summed E-state index contributed by atoms with van der Waals surface area (Å²) in [6.07, 6.45) is 4.51. The molecule has 1 aliphatic rings. The number of fused-ring (bicyclic) bond motifs is 1. The second-order valence-electron chi connectivity index (χ2n) is 16.6. The van der Waals surface area contributed by atoms with Crippen molar-refractivity contribution >= 4 is 14.0 Å². The van der Waals surface area contributed by atoms with Crippen LogP contribution in [0.4, 0.5) is 5.69 Å². The van der Waals surface area contributed by atoms with Gasteiger partial charge in [-0.1, -0.05) is 154 Å². The second kappa shape index (κ2) is 14.7. The Morgan fingerprint density at radius 3 is 2.00 bits per heavy atom. The second-order valence-corrected chi connectivity index (χ2v) is 20.6. The molecule has 1 N–H and O–H groups in total. The van der Waals surface area contributed by atoms with Gasteiger partial charge in [-0.3, -0.25) is 0 Å². The zero-order chi connectivity index (χ0) is 34.8. The molecule has 4 aromatic carbocycles. The highest BCUT2D eigenvalue weighted by Gasteiger charge is 2.45. The van der Waals surface area contributed by atoms with Crippen LogP contribution in [0.1, 0.15) is 138 Å². The van der Waals surface area contributed by atoms with Gasteiger partial charge in [-0.15, -0.1) is 0 Å².